The first-order valence-corrected chi connectivity index (χ1v) is 14.2. The van der Waals surface area contributed by atoms with Crippen LogP contribution in [-0.2, 0) is 26.7 Å². The van der Waals surface area contributed by atoms with Crippen LogP contribution in [0.25, 0.3) is 0 Å². The van der Waals surface area contributed by atoms with Crippen molar-refractivity contribution in [3.05, 3.63) is 58.9 Å². The highest BCUT2D eigenvalue weighted by Crippen LogP contribution is 2.69. The smallest absolute Gasteiger partial charge is 0.391 e. The van der Waals surface area contributed by atoms with Crippen LogP contribution in [0.5, 0.6) is 0 Å². The van der Waals surface area contributed by atoms with Gasteiger partial charge in [-0.3, -0.25) is 9.59 Å². The summed E-state index contributed by atoms with van der Waals surface area (Å²) in [4.78, 5) is 29.6. The maximum atomic E-state index is 14.4. The number of hydrogen-bond acceptors (Lipinski definition) is 4. The van der Waals surface area contributed by atoms with Gasteiger partial charge < -0.3 is 19.6 Å². The molecule has 4 unspecified atom stereocenters. The number of hydrogen-bond donors (Lipinski definition) is 1. The molecule has 0 aromatic heterocycles. The third kappa shape index (κ3) is 5.70. The number of benzene rings is 1. The van der Waals surface area contributed by atoms with E-state index in [4.69, 9.17) is 4.74 Å². The predicted molar refractivity (Wildman–Crippen MR) is 140 cm³/mol. The fraction of sp³-hybridized carbons (Fsp3) is 0.600. The lowest BCUT2D eigenvalue weighted by molar-refractivity contribution is -0.152. The number of halogens is 7. The highest BCUT2D eigenvalue weighted by atomic mass is 19.4. The van der Waals surface area contributed by atoms with Crippen molar-refractivity contribution in [1.29, 1.82) is 0 Å². The highest BCUT2D eigenvalue weighted by Gasteiger charge is 2.72. The normalized spacial score (nSPS) is 32.4. The third-order valence-electron chi connectivity index (χ3n) is 9.62. The summed E-state index contributed by atoms with van der Waals surface area (Å²) in [5, 5.41) is 9.91. The van der Waals surface area contributed by atoms with Gasteiger partial charge in [0.2, 0.25) is 11.8 Å². The summed E-state index contributed by atoms with van der Waals surface area (Å²) >= 11 is 0. The molecule has 2 saturated heterocycles. The van der Waals surface area contributed by atoms with Crippen LogP contribution < -0.4 is 0 Å². The summed E-state index contributed by atoms with van der Waals surface area (Å²) in [7, 11) is 1.57. The maximum absolute atomic E-state index is 14.4. The van der Waals surface area contributed by atoms with Crippen molar-refractivity contribution < 1.29 is 50.2 Å². The van der Waals surface area contributed by atoms with Crippen molar-refractivity contribution in [2.24, 2.45) is 23.2 Å². The number of nitrogens with zero attached hydrogens (tertiary/aromatic N) is 2. The second-order valence-electron chi connectivity index (χ2n) is 12.1. The van der Waals surface area contributed by atoms with E-state index >= 15 is 0 Å². The first-order chi connectivity index (χ1) is 19.9. The van der Waals surface area contributed by atoms with E-state index in [1.54, 1.807) is 20.0 Å². The van der Waals surface area contributed by atoms with Crippen molar-refractivity contribution >= 4 is 11.8 Å². The van der Waals surface area contributed by atoms with Crippen LogP contribution >= 0.6 is 0 Å². The summed E-state index contributed by atoms with van der Waals surface area (Å²) in [6.07, 6.45) is -7.94. The molecule has 1 saturated carbocycles. The number of piperidine rings is 1. The Kier molecular flexibility index (Phi) is 7.98. The molecule has 3 fully saturated rings. The monoisotopic (exact) mass is 618 g/mol. The quantitative estimate of drug-likeness (QED) is 0.417. The van der Waals surface area contributed by atoms with Crippen molar-refractivity contribution in [2.45, 2.75) is 69.8 Å². The van der Waals surface area contributed by atoms with Gasteiger partial charge in [0.15, 0.2) is 0 Å². The number of carbonyl (C=O) groups is 2. The Bertz CT molecular complexity index is 1310. The number of allylic oxidation sites excluding steroid dienone is 4. The zero-order chi connectivity index (χ0) is 31.6. The minimum Gasteiger partial charge on any atom is -0.391 e. The molecule has 0 spiro atoms. The summed E-state index contributed by atoms with van der Waals surface area (Å²) in [6, 6.07) is 0.641. The number of β-amino-alcohol motifs (C(OH)–C–C–N with tert-alkyl or cyclic N) is 1. The first kappa shape index (κ1) is 31.5. The number of aliphatic hydroxyl groups excluding tert-OH is 1. The minimum atomic E-state index is -5.03. The van der Waals surface area contributed by atoms with E-state index in [-0.39, 0.29) is 48.7 Å². The Labute approximate surface area is 244 Å². The van der Waals surface area contributed by atoms with Crippen LogP contribution in [0, 0.1) is 23.2 Å². The number of fused-ring (bicyclic) bond motifs is 1. The molecule has 6 nitrogen and oxygen atoms in total. The van der Waals surface area contributed by atoms with Crippen LogP contribution in [-0.4, -0.2) is 65.1 Å². The molecule has 1 aromatic rings. The SMILES string of the molecule is C[C@H](O[C@H](C)c1cc(C(F)(F)F)cc(C(F)(F)F)c1)C1([C@@H]2CC(C(=O)N3CC[C@H](O)C3)CC(=O)N2C)C2C=CC(F)=CC21. The van der Waals surface area contributed by atoms with Crippen LogP contribution in [0.15, 0.2) is 42.3 Å². The average Bonchev–Trinajstić information content (AvgIpc) is 3.37. The standard InChI is InChI=1S/C30H33F7N2O4/c1-15(17-8-19(29(32,33)34)12-20(9-17)30(35,36)37)43-16(2)28(23-5-4-21(31)13-24(23)28)25-10-18(11-26(41)38(25)3)27(42)39-7-6-22(40)14-39/h4-5,8-9,12-13,15-16,18,22-25,40H,6-7,10-11,14H2,1-3H3/t15-,16+,18?,22+,23?,24?,25+,28?/m1/s1. The second kappa shape index (κ2) is 10.9. The molecule has 0 bridgehead atoms. The van der Waals surface area contributed by atoms with E-state index in [9.17, 15) is 45.4 Å². The number of alkyl halides is 6. The zero-order valence-corrected chi connectivity index (χ0v) is 23.8. The molecule has 5 rings (SSSR count). The van der Waals surface area contributed by atoms with E-state index in [0.717, 1.165) is 0 Å². The lowest BCUT2D eigenvalue weighted by Crippen LogP contribution is -2.55. The molecule has 13 heteroatoms. The molecule has 236 valence electrons. The van der Waals surface area contributed by atoms with Gasteiger partial charge in [-0.05, 0) is 74.4 Å². The van der Waals surface area contributed by atoms with Gasteiger partial charge in [-0.15, -0.1) is 0 Å². The fourth-order valence-electron chi connectivity index (χ4n) is 7.38. The summed E-state index contributed by atoms with van der Waals surface area (Å²) in [5.74, 6) is -2.64. The van der Waals surface area contributed by atoms with Gasteiger partial charge in [0.1, 0.15) is 5.83 Å². The minimum absolute atomic E-state index is 0.0497. The number of carbonyl (C=O) groups excluding carboxylic acids is 2. The molecule has 4 aliphatic rings. The molecule has 1 N–H and O–H groups in total. The van der Waals surface area contributed by atoms with Gasteiger partial charge >= 0.3 is 12.4 Å². The second-order valence-corrected chi connectivity index (χ2v) is 12.1. The number of aliphatic hydroxyl groups is 1. The predicted octanol–water partition coefficient (Wildman–Crippen LogP) is 5.68. The molecular formula is C30H33F7N2O4. The molecule has 8 atom stereocenters. The van der Waals surface area contributed by atoms with Crippen LogP contribution in [0.4, 0.5) is 30.7 Å². The summed E-state index contributed by atoms with van der Waals surface area (Å²) < 4.78 is 102. The molecule has 2 aliphatic carbocycles. The lowest BCUT2D eigenvalue weighted by atomic mass is 9.76. The molecule has 2 heterocycles. The Hall–Kier alpha value is -2.93. The molecule has 2 aliphatic heterocycles. The first-order valence-electron chi connectivity index (χ1n) is 14.2. The molecule has 43 heavy (non-hydrogen) atoms. The lowest BCUT2D eigenvalue weighted by Gasteiger charge is -2.45. The van der Waals surface area contributed by atoms with Crippen molar-refractivity contribution in [1.82, 2.24) is 9.80 Å². The number of amides is 2. The van der Waals surface area contributed by atoms with E-state index in [1.165, 1.54) is 28.9 Å². The van der Waals surface area contributed by atoms with E-state index in [2.05, 4.69) is 0 Å². The summed E-state index contributed by atoms with van der Waals surface area (Å²) in [5.41, 5.74) is -4.26. The largest absolute Gasteiger partial charge is 0.416 e. The average molecular weight is 619 g/mol. The van der Waals surface area contributed by atoms with Crippen LogP contribution in [0.2, 0.25) is 0 Å². The molecule has 2 amide bonds. The van der Waals surface area contributed by atoms with E-state index in [0.29, 0.717) is 25.1 Å². The van der Waals surface area contributed by atoms with Crippen molar-refractivity contribution in [2.75, 3.05) is 20.1 Å². The molecular weight excluding hydrogens is 585 g/mol. The Morgan fingerprint density at radius 2 is 1.70 bits per heavy atom. The van der Waals surface area contributed by atoms with Gasteiger partial charge in [0.05, 0.1) is 29.4 Å². The topological polar surface area (TPSA) is 70.1 Å². The molecule has 0 radical (unpaired) electrons. The van der Waals surface area contributed by atoms with Crippen LogP contribution in [0.1, 0.15) is 55.9 Å². The zero-order valence-electron chi connectivity index (χ0n) is 23.8. The number of ether oxygens (including phenoxy) is 1. The van der Waals surface area contributed by atoms with Gasteiger partial charge in [-0.1, -0.05) is 6.08 Å². The Morgan fingerprint density at radius 3 is 2.23 bits per heavy atom. The van der Waals surface area contributed by atoms with Crippen LogP contribution in [0.3, 0.4) is 0 Å². The van der Waals surface area contributed by atoms with Crippen molar-refractivity contribution in [3.8, 4) is 0 Å². The Morgan fingerprint density at radius 1 is 1.07 bits per heavy atom. The Balaban J connectivity index is 1.47. The summed E-state index contributed by atoms with van der Waals surface area (Å²) in [6.45, 7) is 3.48. The van der Waals surface area contributed by atoms with Gasteiger partial charge in [-0.25, -0.2) is 4.39 Å². The maximum Gasteiger partial charge on any atom is 0.416 e. The van der Waals surface area contributed by atoms with E-state index < -0.39 is 70.9 Å². The molecule has 1 aromatic carbocycles. The fourth-order valence-corrected chi connectivity index (χ4v) is 7.38. The van der Waals surface area contributed by atoms with Gasteiger partial charge in [-0.2, -0.15) is 26.3 Å². The number of likely N-dealkylation sites (tertiary alicyclic amines) is 2. The van der Waals surface area contributed by atoms with E-state index in [1.807, 2.05) is 0 Å². The number of rotatable bonds is 6. The third-order valence-corrected chi connectivity index (χ3v) is 9.62. The van der Waals surface area contributed by atoms with Gasteiger partial charge in [0, 0.05) is 43.9 Å². The van der Waals surface area contributed by atoms with Crippen molar-refractivity contribution in [3.63, 3.8) is 0 Å². The highest BCUT2D eigenvalue weighted by molar-refractivity contribution is 5.87. The van der Waals surface area contributed by atoms with Gasteiger partial charge in [0.25, 0.3) is 0 Å².